The summed E-state index contributed by atoms with van der Waals surface area (Å²) in [6.07, 6.45) is 0.180. The molecule has 122 valence electrons. The lowest BCUT2D eigenvalue weighted by molar-refractivity contribution is -0.144. The summed E-state index contributed by atoms with van der Waals surface area (Å²) >= 11 is 0. The van der Waals surface area contributed by atoms with E-state index < -0.39 is 0 Å². The molecule has 3 rings (SSSR count). The van der Waals surface area contributed by atoms with Gasteiger partial charge in [-0.05, 0) is 36.8 Å². The zero-order valence-electron chi connectivity index (χ0n) is 13.0. The van der Waals surface area contributed by atoms with Crippen molar-refractivity contribution in [3.63, 3.8) is 0 Å². The Labute approximate surface area is 138 Å². The lowest BCUT2D eigenvalue weighted by Crippen LogP contribution is -2.08. The molecule has 0 aliphatic rings. The summed E-state index contributed by atoms with van der Waals surface area (Å²) in [4.78, 5) is 16.0. The van der Waals surface area contributed by atoms with Crippen LogP contribution in [0.4, 0.5) is 4.39 Å². The Morgan fingerprint density at radius 1 is 1.12 bits per heavy atom. The Kier molecular flexibility index (Phi) is 4.65. The number of rotatable bonds is 5. The second-order valence-electron chi connectivity index (χ2n) is 5.34. The zero-order chi connectivity index (χ0) is 16.9. The number of carbonyl (C=O) groups excluding carboxylic acids is 1. The molecule has 1 aromatic heterocycles. The number of halogens is 1. The van der Waals surface area contributed by atoms with Gasteiger partial charge >= 0.3 is 5.97 Å². The summed E-state index contributed by atoms with van der Waals surface area (Å²) in [6, 6.07) is 13.4. The van der Waals surface area contributed by atoms with Crippen molar-refractivity contribution < 1.29 is 18.4 Å². The molecule has 24 heavy (non-hydrogen) atoms. The van der Waals surface area contributed by atoms with Gasteiger partial charge in [0.2, 0.25) is 5.82 Å². The molecule has 2 aromatic carbocycles. The fourth-order valence-corrected chi connectivity index (χ4v) is 2.10. The molecule has 0 saturated carbocycles. The van der Waals surface area contributed by atoms with Crippen molar-refractivity contribution in [1.82, 2.24) is 10.1 Å². The summed E-state index contributed by atoms with van der Waals surface area (Å²) in [5.74, 6) is -0.209. The van der Waals surface area contributed by atoms with Crippen LogP contribution < -0.4 is 0 Å². The van der Waals surface area contributed by atoms with Crippen molar-refractivity contribution in [3.8, 4) is 11.4 Å². The zero-order valence-corrected chi connectivity index (χ0v) is 13.0. The van der Waals surface area contributed by atoms with Crippen LogP contribution in [0.5, 0.6) is 0 Å². The molecule has 0 bridgehead atoms. The molecule has 0 radical (unpaired) electrons. The Hall–Kier alpha value is -3.02. The number of aryl methyl sites for hydroxylation is 1. The second kappa shape index (κ2) is 7.04. The molecule has 0 spiro atoms. The average molecular weight is 326 g/mol. The average Bonchev–Trinajstić information content (AvgIpc) is 3.05. The van der Waals surface area contributed by atoms with E-state index in [4.69, 9.17) is 9.26 Å². The molecular weight excluding hydrogens is 311 g/mol. The molecule has 0 aliphatic heterocycles. The van der Waals surface area contributed by atoms with Gasteiger partial charge in [0.25, 0.3) is 5.89 Å². The van der Waals surface area contributed by atoms with E-state index in [0.717, 1.165) is 11.1 Å². The highest BCUT2D eigenvalue weighted by Crippen LogP contribution is 2.16. The first-order valence-corrected chi connectivity index (χ1v) is 7.40. The first-order valence-electron chi connectivity index (χ1n) is 7.40. The molecule has 0 fully saturated rings. The van der Waals surface area contributed by atoms with E-state index in [9.17, 15) is 9.18 Å². The monoisotopic (exact) mass is 326 g/mol. The Bertz CT molecular complexity index is 826. The van der Waals surface area contributed by atoms with Gasteiger partial charge in [-0.1, -0.05) is 35.0 Å². The van der Waals surface area contributed by atoms with Crippen molar-refractivity contribution in [2.75, 3.05) is 0 Å². The standard InChI is InChI=1S/C18H15FN2O3/c1-12-2-4-13(5-3-12)10-17(22)23-11-16-20-18(21-24-16)14-6-8-15(19)9-7-14/h2-9H,10-11H2,1H3. The van der Waals surface area contributed by atoms with Crippen LogP contribution in [0.1, 0.15) is 17.0 Å². The minimum Gasteiger partial charge on any atom is -0.455 e. The largest absolute Gasteiger partial charge is 0.455 e. The number of ether oxygens (including phenoxy) is 1. The fourth-order valence-electron chi connectivity index (χ4n) is 2.10. The van der Waals surface area contributed by atoms with Crippen LogP contribution in [0, 0.1) is 12.7 Å². The van der Waals surface area contributed by atoms with Crippen LogP contribution in [0.25, 0.3) is 11.4 Å². The summed E-state index contributed by atoms with van der Waals surface area (Å²) < 4.78 is 23.1. The first-order chi connectivity index (χ1) is 11.6. The number of esters is 1. The van der Waals surface area contributed by atoms with Crippen molar-refractivity contribution in [3.05, 3.63) is 71.4 Å². The maximum Gasteiger partial charge on any atom is 0.310 e. The van der Waals surface area contributed by atoms with E-state index in [1.165, 1.54) is 12.1 Å². The van der Waals surface area contributed by atoms with E-state index >= 15 is 0 Å². The van der Waals surface area contributed by atoms with E-state index in [1.54, 1.807) is 12.1 Å². The van der Waals surface area contributed by atoms with Gasteiger partial charge in [0.1, 0.15) is 5.82 Å². The maximum absolute atomic E-state index is 12.9. The van der Waals surface area contributed by atoms with Crippen LogP contribution in [-0.2, 0) is 22.6 Å². The normalized spacial score (nSPS) is 10.6. The molecule has 3 aromatic rings. The second-order valence-corrected chi connectivity index (χ2v) is 5.34. The predicted octanol–water partition coefficient (Wildman–Crippen LogP) is 3.47. The van der Waals surface area contributed by atoms with E-state index in [1.807, 2.05) is 31.2 Å². The molecule has 0 aliphatic carbocycles. The van der Waals surface area contributed by atoms with E-state index in [0.29, 0.717) is 11.4 Å². The molecule has 1 heterocycles. The highest BCUT2D eigenvalue weighted by atomic mass is 19.1. The van der Waals surface area contributed by atoms with Gasteiger partial charge < -0.3 is 9.26 Å². The minimum atomic E-state index is -0.375. The predicted molar refractivity (Wildman–Crippen MR) is 84.4 cm³/mol. The van der Waals surface area contributed by atoms with Gasteiger partial charge in [-0.3, -0.25) is 4.79 Å². The first kappa shape index (κ1) is 15.9. The minimum absolute atomic E-state index is 0.0983. The number of hydrogen-bond donors (Lipinski definition) is 0. The van der Waals surface area contributed by atoms with Crippen molar-refractivity contribution >= 4 is 5.97 Å². The van der Waals surface area contributed by atoms with Crippen LogP contribution >= 0.6 is 0 Å². The third kappa shape index (κ3) is 4.04. The van der Waals surface area contributed by atoms with Crippen LogP contribution in [0.3, 0.4) is 0 Å². The SMILES string of the molecule is Cc1ccc(CC(=O)OCc2nc(-c3ccc(F)cc3)no2)cc1. The highest BCUT2D eigenvalue weighted by molar-refractivity contribution is 5.72. The molecule has 6 heteroatoms. The van der Waals surface area contributed by atoms with E-state index in [2.05, 4.69) is 10.1 Å². The lowest BCUT2D eigenvalue weighted by atomic mass is 10.1. The van der Waals surface area contributed by atoms with Crippen molar-refractivity contribution in [2.24, 2.45) is 0 Å². The van der Waals surface area contributed by atoms with Crippen LogP contribution in [-0.4, -0.2) is 16.1 Å². The highest BCUT2D eigenvalue weighted by Gasteiger charge is 2.11. The molecule has 0 unspecified atom stereocenters. The summed E-state index contributed by atoms with van der Waals surface area (Å²) in [6.45, 7) is 1.88. The number of nitrogens with zero attached hydrogens (tertiary/aromatic N) is 2. The number of carbonyl (C=O) groups is 1. The topological polar surface area (TPSA) is 65.2 Å². The smallest absolute Gasteiger partial charge is 0.310 e. The quantitative estimate of drug-likeness (QED) is 0.672. The summed E-state index contributed by atoms with van der Waals surface area (Å²) in [5, 5.41) is 3.79. The Morgan fingerprint density at radius 3 is 2.54 bits per heavy atom. The van der Waals surface area contributed by atoms with E-state index in [-0.39, 0.29) is 30.7 Å². The molecular formula is C18H15FN2O3. The van der Waals surface area contributed by atoms with Gasteiger partial charge in [-0.15, -0.1) is 0 Å². The maximum atomic E-state index is 12.9. The van der Waals surface area contributed by atoms with Crippen LogP contribution in [0.2, 0.25) is 0 Å². The molecule has 0 saturated heterocycles. The fraction of sp³-hybridized carbons (Fsp3) is 0.167. The third-order valence-electron chi connectivity index (χ3n) is 3.40. The lowest BCUT2D eigenvalue weighted by Gasteiger charge is -2.02. The molecule has 0 amide bonds. The Morgan fingerprint density at radius 2 is 1.83 bits per heavy atom. The van der Waals surface area contributed by atoms with Crippen molar-refractivity contribution in [1.29, 1.82) is 0 Å². The van der Waals surface area contributed by atoms with Gasteiger partial charge in [0.05, 0.1) is 6.42 Å². The Balaban J connectivity index is 1.56. The van der Waals surface area contributed by atoms with Gasteiger partial charge in [0.15, 0.2) is 6.61 Å². The van der Waals surface area contributed by atoms with Crippen LogP contribution in [0.15, 0.2) is 53.1 Å². The van der Waals surface area contributed by atoms with Gasteiger partial charge in [-0.25, -0.2) is 4.39 Å². The molecule has 0 N–H and O–H groups in total. The van der Waals surface area contributed by atoms with Crippen molar-refractivity contribution in [2.45, 2.75) is 20.0 Å². The summed E-state index contributed by atoms with van der Waals surface area (Å²) in [7, 11) is 0. The van der Waals surface area contributed by atoms with Gasteiger partial charge in [0, 0.05) is 5.56 Å². The molecule has 0 atom stereocenters. The number of hydrogen-bond acceptors (Lipinski definition) is 5. The third-order valence-corrected chi connectivity index (χ3v) is 3.40. The summed E-state index contributed by atoms with van der Waals surface area (Å²) in [5.41, 5.74) is 2.63. The molecule has 5 nitrogen and oxygen atoms in total. The number of benzene rings is 2. The number of aromatic nitrogens is 2. The van der Waals surface area contributed by atoms with Gasteiger partial charge in [-0.2, -0.15) is 4.98 Å².